The molecule has 0 aliphatic heterocycles. The summed E-state index contributed by atoms with van der Waals surface area (Å²) in [5.74, 6) is -0.753. The molecule has 2 rings (SSSR count). The van der Waals surface area contributed by atoms with Crippen molar-refractivity contribution < 1.29 is 18.0 Å². The van der Waals surface area contributed by atoms with Crippen molar-refractivity contribution in [2.75, 3.05) is 11.1 Å². The Labute approximate surface area is 133 Å². The minimum atomic E-state index is -4.55. The van der Waals surface area contributed by atoms with Crippen molar-refractivity contribution in [2.24, 2.45) is 0 Å². The molecule has 0 radical (unpaired) electrons. The second-order valence-corrected chi connectivity index (χ2v) is 5.57. The lowest BCUT2D eigenvalue weighted by Crippen LogP contribution is -2.18. The van der Waals surface area contributed by atoms with Crippen molar-refractivity contribution in [1.29, 1.82) is 0 Å². The number of carbonyl (C=O) groups excluding carboxylic acids is 1. The molecule has 0 fully saturated rings. The van der Waals surface area contributed by atoms with Crippen LogP contribution >= 0.6 is 11.8 Å². The van der Waals surface area contributed by atoms with Gasteiger partial charge < -0.3 is 10.3 Å². The number of amides is 1. The quantitative estimate of drug-likeness (QED) is 0.661. The number of carbonyl (C=O) groups is 1. The van der Waals surface area contributed by atoms with E-state index < -0.39 is 23.3 Å². The number of hydrogen-bond donors (Lipinski definition) is 2. The van der Waals surface area contributed by atoms with E-state index in [2.05, 4.69) is 15.3 Å². The number of nitrogens with zero attached hydrogens (tertiary/aromatic N) is 1. The highest BCUT2D eigenvalue weighted by Crippen LogP contribution is 2.34. The summed E-state index contributed by atoms with van der Waals surface area (Å²) in [6.07, 6.45) is -3.19. The molecule has 23 heavy (non-hydrogen) atoms. The molecule has 2 aromatic rings. The Morgan fingerprint density at radius 1 is 1.35 bits per heavy atom. The van der Waals surface area contributed by atoms with Gasteiger partial charge in [0.15, 0.2) is 0 Å². The number of aryl methyl sites for hydroxylation is 1. The standard InChI is InChI=1S/C14H12F3N3O2S/c1-8-6-18-13(22)20-12(8)23-7-11(21)19-10-5-3-2-4-9(10)14(15,16)17/h2-6H,7H2,1H3,(H,19,21)(H,18,20,22). The molecule has 1 amide bonds. The first-order chi connectivity index (χ1) is 10.8. The van der Waals surface area contributed by atoms with E-state index in [0.29, 0.717) is 10.6 Å². The van der Waals surface area contributed by atoms with Crippen LogP contribution in [0.25, 0.3) is 0 Å². The van der Waals surface area contributed by atoms with Gasteiger partial charge in [-0.2, -0.15) is 13.2 Å². The van der Waals surface area contributed by atoms with Crippen molar-refractivity contribution in [3.05, 3.63) is 52.1 Å². The molecule has 0 saturated carbocycles. The van der Waals surface area contributed by atoms with Crippen molar-refractivity contribution in [1.82, 2.24) is 9.97 Å². The first kappa shape index (κ1) is 17.1. The predicted molar refractivity (Wildman–Crippen MR) is 80.4 cm³/mol. The molecule has 0 aliphatic rings. The van der Waals surface area contributed by atoms with Gasteiger partial charge in [-0.15, -0.1) is 0 Å². The average molecular weight is 343 g/mol. The minimum Gasteiger partial charge on any atom is -0.325 e. The van der Waals surface area contributed by atoms with E-state index in [1.807, 2.05) is 0 Å². The Bertz CT molecular complexity index is 774. The van der Waals surface area contributed by atoms with Crippen LogP contribution in [0.2, 0.25) is 0 Å². The first-order valence-corrected chi connectivity index (χ1v) is 7.40. The Morgan fingerprint density at radius 2 is 2.04 bits per heavy atom. The minimum absolute atomic E-state index is 0.146. The molecule has 0 atom stereocenters. The number of aromatic nitrogens is 2. The third-order valence-corrected chi connectivity index (χ3v) is 3.93. The van der Waals surface area contributed by atoms with Crippen LogP contribution in [0.4, 0.5) is 18.9 Å². The number of nitrogens with one attached hydrogen (secondary N) is 2. The van der Waals surface area contributed by atoms with Gasteiger partial charge in [0, 0.05) is 6.20 Å². The van der Waals surface area contributed by atoms with Crippen LogP contribution in [-0.4, -0.2) is 21.6 Å². The molecule has 122 valence electrons. The third kappa shape index (κ3) is 4.59. The lowest BCUT2D eigenvalue weighted by Gasteiger charge is -2.13. The summed E-state index contributed by atoms with van der Waals surface area (Å²) in [5, 5.41) is 2.68. The van der Waals surface area contributed by atoms with Crippen molar-refractivity contribution >= 4 is 23.4 Å². The van der Waals surface area contributed by atoms with Crippen LogP contribution in [0.1, 0.15) is 11.1 Å². The van der Waals surface area contributed by atoms with Gasteiger partial charge in [0.2, 0.25) is 5.91 Å². The SMILES string of the molecule is Cc1cnc(=O)[nH]c1SCC(=O)Nc1ccccc1C(F)(F)F. The summed E-state index contributed by atoms with van der Waals surface area (Å²) in [4.78, 5) is 29.0. The molecule has 9 heteroatoms. The zero-order chi connectivity index (χ0) is 17.0. The van der Waals surface area contributed by atoms with Gasteiger partial charge in [0.25, 0.3) is 0 Å². The second-order valence-electron chi connectivity index (χ2n) is 4.58. The maximum atomic E-state index is 12.8. The molecule has 5 nitrogen and oxygen atoms in total. The normalized spacial score (nSPS) is 11.3. The molecule has 1 aromatic carbocycles. The largest absolute Gasteiger partial charge is 0.418 e. The molecule has 1 aromatic heterocycles. The van der Waals surface area contributed by atoms with Crippen molar-refractivity contribution in [2.45, 2.75) is 18.1 Å². The van der Waals surface area contributed by atoms with Gasteiger partial charge >= 0.3 is 11.9 Å². The fourth-order valence-electron chi connectivity index (χ4n) is 1.76. The number of aromatic amines is 1. The van der Waals surface area contributed by atoms with Crippen LogP contribution in [-0.2, 0) is 11.0 Å². The molecule has 0 unspecified atom stereocenters. The lowest BCUT2D eigenvalue weighted by molar-refractivity contribution is -0.137. The molecule has 2 N–H and O–H groups in total. The van der Waals surface area contributed by atoms with Crippen LogP contribution in [0.15, 0.2) is 40.3 Å². The van der Waals surface area contributed by atoms with Crippen molar-refractivity contribution in [3.63, 3.8) is 0 Å². The number of hydrogen-bond acceptors (Lipinski definition) is 4. The number of rotatable bonds is 4. The van der Waals surface area contributed by atoms with Gasteiger partial charge in [0.05, 0.1) is 22.0 Å². The Hall–Kier alpha value is -2.29. The number of benzene rings is 1. The first-order valence-electron chi connectivity index (χ1n) is 6.42. The van der Waals surface area contributed by atoms with Crippen LogP contribution in [0, 0.1) is 6.92 Å². The van der Waals surface area contributed by atoms with E-state index >= 15 is 0 Å². The maximum Gasteiger partial charge on any atom is 0.418 e. The molecule has 0 spiro atoms. The van der Waals surface area contributed by atoms with E-state index in [4.69, 9.17) is 0 Å². The van der Waals surface area contributed by atoms with E-state index in [0.717, 1.165) is 17.8 Å². The third-order valence-electron chi connectivity index (χ3n) is 2.81. The van der Waals surface area contributed by atoms with Gasteiger partial charge in [-0.05, 0) is 24.6 Å². The van der Waals surface area contributed by atoms with E-state index in [1.165, 1.54) is 24.4 Å². The molecule has 0 aliphatic carbocycles. The second kappa shape index (κ2) is 6.86. The zero-order valence-corrected chi connectivity index (χ0v) is 12.7. The van der Waals surface area contributed by atoms with Crippen LogP contribution in [0.5, 0.6) is 0 Å². The fraction of sp³-hybridized carbons (Fsp3) is 0.214. The molecular formula is C14H12F3N3O2S. The topological polar surface area (TPSA) is 74.8 Å². The molecule has 0 saturated heterocycles. The number of alkyl halides is 3. The van der Waals surface area contributed by atoms with Crippen LogP contribution < -0.4 is 11.0 Å². The van der Waals surface area contributed by atoms with Crippen molar-refractivity contribution in [3.8, 4) is 0 Å². The summed E-state index contributed by atoms with van der Waals surface area (Å²) < 4.78 is 38.5. The molecule has 1 heterocycles. The summed E-state index contributed by atoms with van der Waals surface area (Å²) in [7, 11) is 0. The summed E-state index contributed by atoms with van der Waals surface area (Å²) in [5.41, 5.74) is -1.10. The number of anilines is 1. The highest BCUT2D eigenvalue weighted by molar-refractivity contribution is 8.00. The lowest BCUT2D eigenvalue weighted by atomic mass is 10.1. The maximum absolute atomic E-state index is 12.8. The van der Waals surface area contributed by atoms with Gasteiger partial charge in [-0.3, -0.25) is 4.79 Å². The van der Waals surface area contributed by atoms with Gasteiger partial charge in [0.1, 0.15) is 0 Å². The van der Waals surface area contributed by atoms with Crippen LogP contribution in [0.3, 0.4) is 0 Å². The van der Waals surface area contributed by atoms with Gasteiger partial charge in [-0.25, -0.2) is 9.78 Å². The van der Waals surface area contributed by atoms with E-state index in [-0.39, 0.29) is 11.4 Å². The number of H-pyrrole nitrogens is 1. The fourth-order valence-corrected chi connectivity index (χ4v) is 2.54. The molecular weight excluding hydrogens is 331 g/mol. The summed E-state index contributed by atoms with van der Waals surface area (Å²) in [6.45, 7) is 1.70. The molecule has 0 bridgehead atoms. The number of para-hydroxylation sites is 1. The Morgan fingerprint density at radius 3 is 2.74 bits per heavy atom. The van der Waals surface area contributed by atoms with E-state index in [1.54, 1.807) is 6.92 Å². The highest BCUT2D eigenvalue weighted by Gasteiger charge is 2.33. The predicted octanol–water partition coefficient (Wildman–Crippen LogP) is 2.83. The summed E-state index contributed by atoms with van der Waals surface area (Å²) >= 11 is 1.01. The Balaban J connectivity index is 2.06. The number of thioether (sulfide) groups is 1. The summed E-state index contributed by atoms with van der Waals surface area (Å²) in [6, 6.07) is 4.74. The van der Waals surface area contributed by atoms with E-state index in [9.17, 15) is 22.8 Å². The highest BCUT2D eigenvalue weighted by atomic mass is 32.2. The van der Waals surface area contributed by atoms with Gasteiger partial charge in [-0.1, -0.05) is 23.9 Å². The zero-order valence-electron chi connectivity index (χ0n) is 11.9. The number of halogens is 3. The average Bonchev–Trinajstić information content (AvgIpc) is 2.47. The monoisotopic (exact) mass is 343 g/mol. The Kier molecular flexibility index (Phi) is 5.09. The smallest absolute Gasteiger partial charge is 0.325 e.